The van der Waals surface area contributed by atoms with Crippen molar-refractivity contribution in [1.29, 1.82) is 0 Å². The Morgan fingerprint density at radius 2 is 2.56 bits per heavy atom. The highest BCUT2D eigenvalue weighted by atomic mass is 79.9. The minimum Gasteiger partial charge on any atom is -0.444 e. The van der Waals surface area contributed by atoms with Gasteiger partial charge in [0.15, 0.2) is 0 Å². The van der Waals surface area contributed by atoms with Crippen LogP contribution in [-0.2, 0) is 4.74 Å². The van der Waals surface area contributed by atoms with Gasteiger partial charge >= 0.3 is 6.09 Å². The van der Waals surface area contributed by atoms with Crippen LogP contribution in [0.25, 0.3) is 0 Å². The second-order valence-corrected chi connectivity index (χ2v) is 2.66. The van der Waals surface area contributed by atoms with E-state index in [1.807, 2.05) is 6.92 Å². The van der Waals surface area contributed by atoms with Gasteiger partial charge in [-0.2, -0.15) is 0 Å². The minimum atomic E-state index is -0.313. The van der Waals surface area contributed by atoms with Crippen LogP contribution in [0.4, 0.5) is 4.79 Å². The molecule has 1 saturated heterocycles. The molecule has 0 aromatic rings. The molecule has 1 aliphatic rings. The summed E-state index contributed by atoms with van der Waals surface area (Å²) in [5, 5.41) is 3.40. The van der Waals surface area contributed by atoms with Gasteiger partial charge in [0.05, 0.1) is 6.04 Å². The SMILES string of the molecule is CC1OC(=O)NC1CBr. The van der Waals surface area contributed by atoms with Crippen LogP contribution in [0.15, 0.2) is 0 Å². The lowest BCUT2D eigenvalue weighted by molar-refractivity contribution is 0.143. The Bertz CT molecular complexity index is 128. The Morgan fingerprint density at radius 1 is 1.89 bits per heavy atom. The van der Waals surface area contributed by atoms with E-state index >= 15 is 0 Å². The molecule has 3 nitrogen and oxygen atoms in total. The first-order chi connectivity index (χ1) is 4.24. The monoisotopic (exact) mass is 193 g/mol. The molecule has 9 heavy (non-hydrogen) atoms. The van der Waals surface area contributed by atoms with Crippen LogP contribution < -0.4 is 5.32 Å². The maximum atomic E-state index is 10.5. The molecular weight excluding hydrogens is 186 g/mol. The van der Waals surface area contributed by atoms with Crippen molar-refractivity contribution in [3.63, 3.8) is 0 Å². The molecule has 0 aromatic heterocycles. The number of alkyl carbamates (subject to hydrolysis) is 1. The molecule has 0 spiro atoms. The molecule has 1 rings (SSSR count). The van der Waals surface area contributed by atoms with Crippen molar-refractivity contribution in [3.05, 3.63) is 0 Å². The highest BCUT2D eigenvalue weighted by molar-refractivity contribution is 9.09. The quantitative estimate of drug-likeness (QED) is 0.629. The van der Waals surface area contributed by atoms with Crippen LogP contribution in [0.2, 0.25) is 0 Å². The number of halogens is 1. The van der Waals surface area contributed by atoms with E-state index in [4.69, 9.17) is 4.74 Å². The molecule has 4 heteroatoms. The highest BCUT2D eigenvalue weighted by Crippen LogP contribution is 2.09. The summed E-state index contributed by atoms with van der Waals surface area (Å²) in [7, 11) is 0. The topological polar surface area (TPSA) is 38.3 Å². The van der Waals surface area contributed by atoms with Gasteiger partial charge in [-0.15, -0.1) is 0 Å². The molecular formula is C5H8BrNO2. The third kappa shape index (κ3) is 1.36. The van der Waals surface area contributed by atoms with E-state index in [0.29, 0.717) is 0 Å². The lowest BCUT2D eigenvalue weighted by atomic mass is 10.2. The highest BCUT2D eigenvalue weighted by Gasteiger charge is 2.28. The van der Waals surface area contributed by atoms with Crippen LogP contribution in [0.3, 0.4) is 0 Å². The number of hydrogen-bond donors (Lipinski definition) is 1. The summed E-state index contributed by atoms with van der Waals surface area (Å²) in [6, 6.07) is 0.137. The Morgan fingerprint density at radius 3 is 2.78 bits per heavy atom. The minimum absolute atomic E-state index is 0.00289. The zero-order chi connectivity index (χ0) is 6.85. The van der Waals surface area contributed by atoms with Crippen molar-refractivity contribution in [3.8, 4) is 0 Å². The van der Waals surface area contributed by atoms with Gasteiger partial charge in [0.1, 0.15) is 6.10 Å². The van der Waals surface area contributed by atoms with E-state index in [1.54, 1.807) is 0 Å². The number of carbonyl (C=O) groups excluding carboxylic acids is 1. The largest absolute Gasteiger partial charge is 0.444 e. The molecule has 0 radical (unpaired) electrons. The molecule has 0 aliphatic carbocycles. The van der Waals surface area contributed by atoms with Crippen molar-refractivity contribution in [2.75, 3.05) is 5.33 Å². The van der Waals surface area contributed by atoms with Gasteiger partial charge in [0, 0.05) is 5.33 Å². The smallest absolute Gasteiger partial charge is 0.407 e. The summed E-state index contributed by atoms with van der Waals surface area (Å²) in [5.41, 5.74) is 0. The van der Waals surface area contributed by atoms with E-state index < -0.39 is 0 Å². The summed E-state index contributed by atoms with van der Waals surface area (Å²) in [5.74, 6) is 0. The third-order valence-corrected chi connectivity index (χ3v) is 2.03. The summed E-state index contributed by atoms with van der Waals surface area (Å²) >= 11 is 3.25. The average molecular weight is 194 g/mol. The molecule has 1 fully saturated rings. The molecule has 2 unspecified atom stereocenters. The number of nitrogens with one attached hydrogen (secondary N) is 1. The summed E-state index contributed by atoms with van der Waals surface area (Å²) in [4.78, 5) is 10.5. The zero-order valence-corrected chi connectivity index (χ0v) is 6.64. The van der Waals surface area contributed by atoms with Gasteiger partial charge in [-0.25, -0.2) is 4.79 Å². The molecule has 1 amide bonds. The van der Waals surface area contributed by atoms with Gasteiger partial charge in [-0.1, -0.05) is 15.9 Å². The van der Waals surface area contributed by atoms with Crippen molar-refractivity contribution in [2.24, 2.45) is 0 Å². The van der Waals surface area contributed by atoms with E-state index in [2.05, 4.69) is 21.2 Å². The molecule has 1 N–H and O–H groups in total. The fraction of sp³-hybridized carbons (Fsp3) is 0.800. The Kier molecular flexibility index (Phi) is 1.95. The van der Waals surface area contributed by atoms with E-state index in [-0.39, 0.29) is 18.2 Å². The Balaban J connectivity index is 2.47. The lowest BCUT2D eigenvalue weighted by Gasteiger charge is -2.06. The van der Waals surface area contributed by atoms with Crippen LogP contribution in [0.5, 0.6) is 0 Å². The molecule has 0 aromatic carbocycles. The second-order valence-electron chi connectivity index (χ2n) is 2.02. The van der Waals surface area contributed by atoms with Gasteiger partial charge in [-0.3, -0.25) is 0 Å². The molecule has 0 bridgehead atoms. The average Bonchev–Trinajstić information content (AvgIpc) is 2.10. The molecule has 2 atom stereocenters. The predicted octanol–water partition coefficient (Wildman–Crippen LogP) is 0.878. The van der Waals surface area contributed by atoms with E-state index in [0.717, 1.165) is 5.33 Å². The van der Waals surface area contributed by atoms with E-state index in [1.165, 1.54) is 0 Å². The fourth-order valence-corrected chi connectivity index (χ4v) is 1.41. The number of ether oxygens (including phenoxy) is 1. The Labute approximate surface area is 61.9 Å². The van der Waals surface area contributed by atoms with Crippen LogP contribution in [-0.4, -0.2) is 23.6 Å². The van der Waals surface area contributed by atoms with Crippen LogP contribution >= 0.6 is 15.9 Å². The van der Waals surface area contributed by atoms with Crippen molar-refractivity contribution in [2.45, 2.75) is 19.1 Å². The summed E-state index contributed by atoms with van der Waals surface area (Å²) in [6.07, 6.45) is -0.316. The Hall–Kier alpha value is -0.250. The summed E-state index contributed by atoms with van der Waals surface area (Å²) < 4.78 is 4.78. The maximum Gasteiger partial charge on any atom is 0.407 e. The maximum absolute atomic E-state index is 10.5. The van der Waals surface area contributed by atoms with Crippen molar-refractivity contribution in [1.82, 2.24) is 5.32 Å². The fourth-order valence-electron chi connectivity index (χ4n) is 0.718. The van der Waals surface area contributed by atoms with Gasteiger partial charge in [-0.05, 0) is 6.92 Å². The van der Waals surface area contributed by atoms with Gasteiger partial charge in [0.25, 0.3) is 0 Å². The number of alkyl halides is 1. The number of rotatable bonds is 1. The van der Waals surface area contributed by atoms with Gasteiger partial charge < -0.3 is 10.1 Å². The normalized spacial score (nSPS) is 33.8. The zero-order valence-electron chi connectivity index (χ0n) is 5.06. The van der Waals surface area contributed by atoms with Gasteiger partial charge in [0.2, 0.25) is 0 Å². The van der Waals surface area contributed by atoms with E-state index in [9.17, 15) is 4.79 Å². The number of carbonyl (C=O) groups is 1. The number of amides is 1. The van der Waals surface area contributed by atoms with Crippen LogP contribution in [0, 0.1) is 0 Å². The number of hydrogen-bond acceptors (Lipinski definition) is 2. The first kappa shape index (κ1) is 6.86. The standard InChI is InChI=1S/C5H8BrNO2/c1-3-4(2-6)7-5(8)9-3/h3-4H,2H2,1H3,(H,7,8). The lowest BCUT2D eigenvalue weighted by Crippen LogP contribution is -2.31. The predicted molar refractivity (Wildman–Crippen MR) is 36.7 cm³/mol. The second kappa shape index (κ2) is 2.56. The third-order valence-electron chi connectivity index (χ3n) is 1.33. The number of cyclic esters (lactones) is 1. The summed E-state index contributed by atoms with van der Waals surface area (Å²) in [6.45, 7) is 1.86. The first-order valence-corrected chi connectivity index (χ1v) is 3.89. The molecule has 1 heterocycles. The molecule has 0 saturated carbocycles. The van der Waals surface area contributed by atoms with Crippen molar-refractivity contribution < 1.29 is 9.53 Å². The molecule has 1 aliphatic heterocycles. The van der Waals surface area contributed by atoms with Crippen LogP contribution in [0.1, 0.15) is 6.92 Å². The first-order valence-electron chi connectivity index (χ1n) is 2.77. The molecule has 52 valence electrons. The van der Waals surface area contributed by atoms with Crippen molar-refractivity contribution >= 4 is 22.0 Å².